The van der Waals surface area contributed by atoms with Crippen molar-refractivity contribution in [3.63, 3.8) is 0 Å². The Balaban J connectivity index is 2.02. The summed E-state index contributed by atoms with van der Waals surface area (Å²) >= 11 is 6.12. The average molecular weight is 333 g/mol. The second-order valence-corrected chi connectivity index (χ2v) is 5.99. The van der Waals surface area contributed by atoms with E-state index in [2.05, 4.69) is 10.4 Å². The van der Waals surface area contributed by atoms with Gasteiger partial charge in [-0.05, 0) is 18.2 Å². The van der Waals surface area contributed by atoms with E-state index in [-0.39, 0.29) is 18.1 Å². The van der Waals surface area contributed by atoms with Crippen LogP contribution in [0.15, 0.2) is 47.4 Å². The number of halogens is 2. The summed E-state index contributed by atoms with van der Waals surface area (Å²) in [4.78, 5) is 13.0. The van der Waals surface area contributed by atoms with E-state index < -0.39 is 6.17 Å². The van der Waals surface area contributed by atoms with Crippen LogP contribution in [0.2, 0.25) is 5.02 Å². The quantitative estimate of drug-likeness (QED) is 0.784. The van der Waals surface area contributed by atoms with E-state index in [0.717, 1.165) is 0 Å². The van der Waals surface area contributed by atoms with Crippen molar-refractivity contribution in [2.24, 2.45) is 0 Å². The molecule has 3 aromatic rings. The molecule has 0 spiro atoms. The maximum absolute atomic E-state index is 13.6. The highest BCUT2D eigenvalue weighted by atomic mass is 35.5. The molecular formula is C16H14ClFN4O. The largest absolute Gasteiger partial charge is 0.304 e. The van der Waals surface area contributed by atoms with Gasteiger partial charge in [-0.3, -0.25) is 9.36 Å². The smallest absolute Gasteiger partial charge is 0.284 e. The van der Waals surface area contributed by atoms with Gasteiger partial charge in [-0.1, -0.05) is 29.8 Å². The van der Waals surface area contributed by atoms with Crippen LogP contribution in [0, 0.1) is 0 Å². The molecule has 118 valence electrons. The van der Waals surface area contributed by atoms with Gasteiger partial charge in [0.05, 0.1) is 16.8 Å². The highest BCUT2D eigenvalue weighted by Gasteiger charge is 2.30. The molecule has 23 heavy (non-hydrogen) atoms. The topological polar surface area (TPSA) is 51.3 Å². The Hall–Kier alpha value is -2.18. The van der Waals surface area contributed by atoms with Gasteiger partial charge in [0.15, 0.2) is 5.82 Å². The van der Waals surface area contributed by atoms with Crippen molar-refractivity contribution in [1.82, 2.24) is 19.5 Å². The van der Waals surface area contributed by atoms with Gasteiger partial charge in [0.1, 0.15) is 11.7 Å². The summed E-state index contributed by atoms with van der Waals surface area (Å²) in [7, 11) is 0. The van der Waals surface area contributed by atoms with E-state index in [1.54, 1.807) is 12.3 Å². The van der Waals surface area contributed by atoms with Crippen molar-refractivity contribution in [2.45, 2.75) is 18.6 Å². The monoisotopic (exact) mass is 332 g/mol. The Bertz CT molecular complexity index is 921. The van der Waals surface area contributed by atoms with Crippen molar-refractivity contribution >= 4 is 17.1 Å². The summed E-state index contributed by atoms with van der Waals surface area (Å²) in [5.41, 5.74) is 0.734. The van der Waals surface area contributed by atoms with Crippen LogP contribution in [0.1, 0.15) is 18.3 Å². The molecule has 0 saturated carbocycles. The average Bonchev–Trinajstić information content (AvgIpc) is 3.14. The number of hydrogen-bond acceptors (Lipinski definition) is 3. The normalized spacial score (nSPS) is 21.1. The molecule has 1 aliphatic rings. The van der Waals surface area contributed by atoms with E-state index in [1.165, 1.54) is 9.08 Å². The number of benzene rings is 1. The first kappa shape index (κ1) is 14.4. The molecule has 1 saturated heterocycles. The number of hydrogen-bond donors (Lipinski definition) is 1. The lowest BCUT2D eigenvalue weighted by molar-refractivity contribution is 0.354. The summed E-state index contributed by atoms with van der Waals surface area (Å²) in [6, 6.07) is 10.5. The number of nitrogens with zero attached hydrogens (tertiary/aromatic N) is 3. The Kier molecular flexibility index (Phi) is 3.43. The lowest BCUT2D eigenvalue weighted by atomic mass is 10.2. The molecule has 0 amide bonds. The van der Waals surface area contributed by atoms with Gasteiger partial charge in [-0.15, -0.1) is 0 Å². The molecule has 1 N–H and O–H groups in total. The number of aromatic nitrogens is 3. The zero-order valence-electron chi connectivity index (χ0n) is 12.1. The molecular weight excluding hydrogens is 319 g/mol. The minimum atomic E-state index is -0.940. The van der Waals surface area contributed by atoms with Crippen molar-refractivity contribution in [2.75, 3.05) is 6.54 Å². The van der Waals surface area contributed by atoms with Crippen LogP contribution < -0.4 is 10.9 Å². The molecule has 0 bridgehead atoms. The molecule has 7 heteroatoms. The molecule has 0 unspecified atom stereocenters. The molecule has 1 aliphatic heterocycles. The van der Waals surface area contributed by atoms with Crippen LogP contribution in [-0.2, 0) is 0 Å². The zero-order chi connectivity index (χ0) is 16.0. The maximum atomic E-state index is 13.6. The first-order valence-electron chi connectivity index (χ1n) is 7.38. The zero-order valence-corrected chi connectivity index (χ0v) is 12.9. The van der Waals surface area contributed by atoms with Crippen LogP contribution in [0.4, 0.5) is 4.39 Å². The van der Waals surface area contributed by atoms with Crippen molar-refractivity contribution in [1.29, 1.82) is 0 Å². The number of fused-ring (bicyclic) bond motifs is 1. The molecule has 1 fully saturated rings. The van der Waals surface area contributed by atoms with Gasteiger partial charge in [0.25, 0.3) is 5.56 Å². The van der Waals surface area contributed by atoms with E-state index in [9.17, 15) is 9.18 Å². The first-order valence-corrected chi connectivity index (χ1v) is 7.75. The maximum Gasteiger partial charge on any atom is 0.284 e. The summed E-state index contributed by atoms with van der Waals surface area (Å²) in [6.07, 6.45) is 0.990. The van der Waals surface area contributed by atoms with E-state index >= 15 is 0 Å². The Morgan fingerprint density at radius 3 is 2.74 bits per heavy atom. The van der Waals surface area contributed by atoms with Crippen LogP contribution in [-0.4, -0.2) is 26.9 Å². The fourth-order valence-electron chi connectivity index (χ4n) is 2.99. The van der Waals surface area contributed by atoms with Gasteiger partial charge in [-0.2, -0.15) is 5.10 Å². The molecule has 2 atom stereocenters. The van der Waals surface area contributed by atoms with Gasteiger partial charge >= 0.3 is 0 Å². The molecule has 2 aromatic heterocycles. The second-order valence-electron chi connectivity index (χ2n) is 5.58. The van der Waals surface area contributed by atoms with Gasteiger partial charge < -0.3 is 5.32 Å². The molecule has 1 aromatic carbocycles. The first-order chi connectivity index (χ1) is 11.1. The Labute approximate surface area is 136 Å². The summed E-state index contributed by atoms with van der Waals surface area (Å²) in [5.74, 6) is 0.487. The third-order valence-electron chi connectivity index (χ3n) is 4.07. The summed E-state index contributed by atoms with van der Waals surface area (Å²) < 4.78 is 16.6. The van der Waals surface area contributed by atoms with Crippen LogP contribution >= 0.6 is 11.6 Å². The predicted molar refractivity (Wildman–Crippen MR) is 86.1 cm³/mol. The summed E-state index contributed by atoms with van der Waals surface area (Å²) in [5, 5.41) is 7.95. The molecule has 3 heterocycles. The van der Waals surface area contributed by atoms with E-state index in [1.807, 2.05) is 30.3 Å². The third-order valence-corrected chi connectivity index (χ3v) is 4.37. The van der Waals surface area contributed by atoms with Gasteiger partial charge in [0, 0.05) is 19.2 Å². The highest BCUT2D eigenvalue weighted by molar-refractivity contribution is 6.33. The Morgan fingerprint density at radius 2 is 2.04 bits per heavy atom. The Morgan fingerprint density at radius 1 is 1.26 bits per heavy atom. The third kappa shape index (κ3) is 2.34. The number of nitrogens with one attached hydrogen (secondary N) is 1. The lowest BCUT2D eigenvalue weighted by Crippen LogP contribution is -2.30. The fourth-order valence-corrected chi connectivity index (χ4v) is 3.21. The molecule has 5 nitrogen and oxygen atoms in total. The summed E-state index contributed by atoms with van der Waals surface area (Å²) in [6.45, 7) is 0.264. The molecule has 0 aliphatic carbocycles. The fraction of sp³-hybridized carbons (Fsp3) is 0.250. The van der Waals surface area contributed by atoms with Crippen molar-refractivity contribution in [3.8, 4) is 5.69 Å². The molecule has 0 radical (unpaired) electrons. The van der Waals surface area contributed by atoms with Crippen LogP contribution in [0.3, 0.4) is 0 Å². The molecule has 4 rings (SSSR count). The van der Waals surface area contributed by atoms with Crippen molar-refractivity contribution in [3.05, 3.63) is 63.8 Å². The number of rotatable bonds is 2. The standard InChI is InChI=1S/C16H14ClFN4O/c17-12-6-7-21-14(12)16(23)22(11-4-2-1-3-5-11)15(20-21)13-8-10(18)9-19-13/h1-7,10,13,19H,8-9H2/t10-,13-/m0/s1. The number of para-hydroxylation sites is 1. The highest BCUT2D eigenvalue weighted by Crippen LogP contribution is 2.25. The predicted octanol–water partition coefficient (Wildman–Crippen LogP) is 2.51. The van der Waals surface area contributed by atoms with E-state index in [4.69, 9.17) is 11.6 Å². The van der Waals surface area contributed by atoms with Crippen molar-refractivity contribution < 1.29 is 4.39 Å². The van der Waals surface area contributed by atoms with Gasteiger partial charge in [0.2, 0.25) is 0 Å². The second kappa shape index (κ2) is 5.47. The van der Waals surface area contributed by atoms with Crippen LogP contribution in [0.5, 0.6) is 0 Å². The van der Waals surface area contributed by atoms with Crippen LogP contribution in [0.25, 0.3) is 11.2 Å². The minimum Gasteiger partial charge on any atom is -0.304 e. The van der Waals surface area contributed by atoms with Gasteiger partial charge in [-0.25, -0.2) is 8.91 Å². The number of alkyl halides is 1. The minimum absolute atomic E-state index is 0.264. The SMILES string of the molecule is O=c1c2c(Cl)ccn2nc([C@@H]2C[C@H](F)CN2)n1-c1ccccc1. The lowest BCUT2D eigenvalue weighted by Gasteiger charge is -2.17. The van der Waals surface area contributed by atoms with E-state index in [0.29, 0.717) is 28.5 Å².